The highest BCUT2D eigenvalue weighted by molar-refractivity contribution is 7.98. The fraction of sp³-hybridized carbons (Fsp3) is 0.333. The number of hydrogen-bond acceptors (Lipinski definition) is 5. The average molecular weight is 306 g/mol. The Kier molecular flexibility index (Phi) is 5.27. The maximum absolute atomic E-state index is 12.2. The first-order valence-electron chi connectivity index (χ1n) is 6.67. The van der Waals surface area contributed by atoms with Crippen molar-refractivity contribution in [3.63, 3.8) is 0 Å². The summed E-state index contributed by atoms with van der Waals surface area (Å²) < 4.78 is 10.6. The molecule has 1 heterocycles. The molecular formula is C15H18N2O3S. The van der Waals surface area contributed by atoms with E-state index in [1.165, 1.54) is 0 Å². The van der Waals surface area contributed by atoms with Crippen molar-refractivity contribution in [2.24, 2.45) is 0 Å². The second kappa shape index (κ2) is 7.17. The third-order valence-corrected chi connectivity index (χ3v) is 3.62. The van der Waals surface area contributed by atoms with Crippen LogP contribution in [0, 0.1) is 6.92 Å². The largest absolute Gasteiger partial charge is 0.481 e. The molecule has 21 heavy (non-hydrogen) atoms. The van der Waals surface area contributed by atoms with Crippen molar-refractivity contribution >= 4 is 23.5 Å². The lowest BCUT2D eigenvalue weighted by atomic mass is 10.2. The summed E-state index contributed by atoms with van der Waals surface area (Å²) in [6.45, 7) is 3.66. The molecule has 1 aromatic carbocycles. The molecule has 0 unspecified atom stereocenters. The second-order valence-electron chi connectivity index (χ2n) is 4.50. The van der Waals surface area contributed by atoms with Crippen molar-refractivity contribution < 1.29 is 14.1 Å². The lowest BCUT2D eigenvalue weighted by molar-refractivity contribution is -0.122. The summed E-state index contributed by atoms with van der Waals surface area (Å²) in [5, 5.41) is 6.42. The Morgan fingerprint density at radius 1 is 1.43 bits per heavy atom. The van der Waals surface area contributed by atoms with E-state index >= 15 is 0 Å². The molecule has 0 saturated carbocycles. The van der Waals surface area contributed by atoms with Crippen LogP contribution in [-0.2, 0) is 4.79 Å². The molecule has 0 aliphatic carbocycles. The van der Waals surface area contributed by atoms with Gasteiger partial charge in [0.25, 0.3) is 5.91 Å². The summed E-state index contributed by atoms with van der Waals surface area (Å²) in [6.07, 6.45) is 2.01. The number of carbonyl (C=O) groups is 1. The number of benzene rings is 1. The van der Waals surface area contributed by atoms with E-state index < -0.39 is 6.10 Å². The van der Waals surface area contributed by atoms with Gasteiger partial charge in [-0.3, -0.25) is 4.79 Å². The highest BCUT2D eigenvalue weighted by Gasteiger charge is 2.19. The van der Waals surface area contributed by atoms with E-state index in [2.05, 4.69) is 10.5 Å². The minimum atomic E-state index is -0.567. The van der Waals surface area contributed by atoms with Crippen LogP contribution in [0.4, 0.5) is 5.82 Å². The van der Waals surface area contributed by atoms with E-state index in [4.69, 9.17) is 9.26 Å². The van der Waals surface area contributed by atoms with E-state index in [-0.39, 0.29) is 5.91 Å². The lowest BCUT2D eigenvalue weighted by Crippen LogP contribution is -2.32. The van der Waals surface area contributed by atoms with Crippen LogP contribution in [0.15, 0.2) is 39.8 Å². The molecular weight excluding hydrogens is 288 g/mol. The normalized spacial score (nSPS) is 12.0. The smallest absolute Gasteiger partial charge is 0.266 e. The van der Waals surface area contributed by atoms with Crippen LogP contribution in [0.25, 0.3) is 0 Å². The molecule has 1 atom stereocenters. The van der Waals surface area contributed by atoms with E-state index in [0.29, 0.717) is 23.7 Å². The summed E-state index contributed by atoms with van der Waals surface area (Å²) in [4.78, 5) is 13.3. The third-order valence-electron chi connectivity index (χ3n) is 2.88. The number of anilines is 1. The standard InChI is InChI=1S/C15H18N2O3S/c1-4-13(15(18)16-14-9-10(2)20-17-14)19-11-5-7-12(21-3)8-6-11/h5-9,13H,4H2,1-3H3,(H,16,17,18)/t13-/m0/s1. The van der Waals surface area contributed by atoms with Crippen LogP contribution in [-0.4, -0.2) is 23.4 Å². The van der Waals surface area contributed by atoms with Gasteiger partial charge in [0, 0.05) is 11.0 Å². The number of carbonyl (C=O) groups excluding carboxylic acids is 1. The lowest BCUT2D eigenvalue weighted by Gasteiger charge is -2.16. The van der Waals surface area contributed by atoms with E-state index in [1.807, 2.05) is 37.4 Å². The van der Waals surface area contributed by atoms with Gasteiger partial charge in [-0.05, 0) is 43.9 Å². The van der Waals surface area contributed by atoms with Crippen molar-refractivity contribution in [3.05, 3.63) is 36.1 Å². The quantitative estimate of drug-likeness (QED) is 0.827. The number of aryl methyl sites for hydroxylation is 1. The molecule has 2 rings (SSSR count). The molecule has 0 radical (unpaired) electrons. The van der Waals surface area contributed by atoms with Crippen LogP contribution in [0.5, 0.6) is 5.75 Å². The SMILES string of the molecule is CC[C@H](Oc1ccc(SC)cc1)C(=O)Nc1cc(C)on1. The van der Waals surface area contributed by atoms with Gasteiger partial charge < -0.3 is 14.6 Å². The Bertz CT molecular complexity index is 595. The molecule has 2 aromatic rings. The van der Waals surface area contributed by atoms with Gasteiger partial charge in [-0.15, -0.1) is 11.8 Å². The predicted octanol–water partition coefficient (Wildman–Crippen LogP) is 3.50. The van der Waals surface area contributed by atoms with Crippen LogP contribution in [0.3, 0.4) is 0 Å². The van der Waals surface area contributed by atoms with E-state index in [9.17, 15) is 4.79 Å². The van der Waals surface area contributed by atoms with E-state index in [1.54, 1.807) is 24.8 Å². The summed E-state index contributed by atoms with van der Waals surface area (Å²) in [5.74, 6) is 1.48. The van der Waals surface area contributed by atoms with Crippen LogP contribution < -0.4 is 10.1 Å². The minimum Gasteiger partial charge on any atom is -0.481 e. The molecule has 0 bridgehead atoms. The van der Waals surface area contributed by atoms with Gasteiger partial charge in [-0.25, -0.2) is 0 Å². The number of nitrogens with one attached hydrogen (secondary N) is 1. The summed E-state index contributed by atoms with van der Waals surface area (Å²) in [6, 6.07) is 9.32. The number of amides is 1. The number of hydrogen-bond donors (Lipinski definition) is 1. The zero-order valence-electron chi connectivity index (χ0n) is 12.3. The summed E-state index contributed by atoms with van der Waals surface area (Å²) in [7, 11) is 0. The fourth-order valence-electron chi connectivity index (χ4n) is 1.77. The molecule has 0 aliphatic rings. The van der Waals surface area contributed by atoms with Crippen molar-refractivity contribution in [1.82, 2.24) is 5.16 Å². The first-order valence-corrected chi connectivity index (χ1v) is 7.89. The number of rotatable bonds is 6. The zero-order chi connectivity index (χ0) is 15.2. The molecule has 1 aromatic heterocycles. The maximum atomic E-state index is 12.2. The van der Waals surface area contributed by atoms with Gasteiger partial charge in [0.2, 0.25) is 0 Å². The van der Waals surface area contributed by atoms with Crippen LogP contribution >= 0.6 is 11.8 Å². The molecule has 1 amide bonds. The topological polar surface area (TPSA) is 64.4 Å². The van der Waals surface area contributed by atoms with Gasteiger partial charge in [0.15, 0.2) is 11.9 Å². The molecule has 0 spiro atoms. The van der Waals surface area contributed by atoms with Gasteiger partial charge >= 0.3 is 0 Å². The average Bonchev–Trinajstić information content (AvgIpc) is 2.90. The minimum absolute atomic E-state index is 0.236. The molecule has 6 heteroatoms. The van der Waals surface area contributed by atoms with Gasteiger partial charge in [-0.2, -0.15) is 0 Å². The Balaban J connectivity index is 1.99. The second-order valence-corrected chi connectivity index (χ2v) is 5.38. The van der Waals surface area contributed by atoms with Crippen molar-refractivity contribution in [2.45, 2.75) is 31.3 Å². The van der Waals surface area contributed by atoms with Gasteiger partial charge in [0.1, 0.15) is 11.5 Å². The first-order chi connectivity index (χ1) is 10.1. The third kappa shape index (κ3) is 4.26. The Labute approximate surface area is 128 Å². The highest BCUT2D eigenvalue weighted by Crippen LogP contribution is 2.20. The fourth-order valence-corrected chi connectivity index (χ4v) is 2.18. The molecule has 0 aliphatic heterocycles. The molecule has 1 N–H and O–H groups in total. The maximum Gasteiger partial charge on any atom is 0.266 e. The summed E-state index contributed by atoms with van der Waals surface area (Å²) >= 11 is 1.66. The monoisotopic (exact) mass is 306 g/mol. The highest BCUT2D eigenvalue weighted by atomic mass is 32.2. The van der Waals surface area contributed by atoms with Crippen LogP contribution in [0.2, 0.25) is 0 Å². The van der Waals surface area contributed by atoms with Gasteiger partial charge in [-0.1, -0.05) is 12.1 Å². The van der Waals surface area contributed by atoms with Crippen molar-refractivity contribution in [3.8, 4) is 5.75 Å². The summed E-state index contributed by atoms with van der Waals surface area (Å²) in [5.41, 5.74) is 0. The Morgan fingerprint density at radius 2 is 2.14 bits per heavy atom. The Morgan fingerprint density at radius 3 is 2.67 bits per heavy atom. The predicted molar refractivity (Wildman–Crippen MR) is 82.8 cm³/mol. The number of ether oxygens (including phenoxy) is 1. The molecule has 0 saturated heterocycles. The molecule has 5 nitrogen and oxygen atoms in total. The van der Waals surface area contributed by atoms with Gasteiger partial charge in [0.05, 0.1) is 0 Å². The molecule has 112 valence electrons. The Hall–Kier alpha value is -1.95. The van der Waals surface area contributed by atoms with Crippen molar-refractivity contribution in [1.29, 1.82) is 0 Å². The van der Waals surface area contributed by atoms with Crippen LogP contribution in [0.1, 0.15) is 19.1 Å². The van der Waals surface area contributed by atoms with E-state index in [0.717, 1.165) is 4.90 Å². The number of thioether (sulfide) groups is 1. The zero-order valence-corrected chi connectivity index (χ0v) is 13.1. The first kappa shape index (κ1) is 15.4. The number of nitrogens with zero attached hydrogens (tertiary/aromatic N) is 1. The number of aromatic nitrogens is 1. The molecule has 0 fully saturated rings. The van der Waals surface area contributed by atoms with Crippen molar-refractivity contribution in [2.75, 3.05) is 11.6 Å².